The first-order valence-electron chi connectivity index (χ1n) is 7.63. The van der Waals surface area contributed by atoms with Crippen LogP contribution in [0.3, 0.4) is 0 Å². The van der Waals surface area contributed by atoms with Gasteiger partial charge in [-0.1, -0.05) is 19.3 Å². The molecule has 19 heavy (non-hydrogen) atoms. The summed E-state index contributed by atoms with van der Waals surface area (Å²) < 4.78 is 0. The minimum atomic E-state index is -0.678. The Hall–Kier alpha value is -0.610. The first-order chi connectivity index (χ1) is 8.88. The van der Waals surface area contributed by atoms with Crippen LogP contribution in [0.1, 0.15) is 51.9 Å². The largest absolute Gasteiger partial charge is 0.353 e. The number of carbonyl (C=O) groups is 1. The van der Waals surface area contributed by atoms with Crippen molar-refractivity contribution in [3.8, 4) is 0 Å². The Bertz CT molecular complexity index is 328. The Morgan fingerprint density at radius 1 is 1.32 bits per heavy atom. The van der Waals surface area contributed by atoms with Crippen molar-refractivity contribution in [1.29, 1.82) is 0 Å². The van der Waals surface area contributed by atoms with Gasteiger partial charge in [-0.3, -0.25) is 4.79 Å². The summed E-state index contributed by atoms with van der Waals surface area (Å²) in [5, 5.41) is 3.13. The molecule has 0 aromatic carbocycles. The Morgan fingerprint density at radius 2 is 1.89 bits per heavy atom. The van der Waals surface area contributed by atoms with Crippen molar-refractivity contribution in [2.45, 2.75) is 62.9 Å². The number of nitrogens with two attached hydrogens (primary N) is 1. The van der Waals surface area contributed by atoms with E-state index in [4.69, 9.17) is 5.73 Å². The molecular weight excluding hydrogens is 238 g/mol. The van der Waals surface area contributed by atoms with E-state index < -0.39 is 5.54 Å². The van der Waals surface area contributed by atoms with Crippen LogP contribution in [-0.4, -0.2) is 42.5 Å². The molecular formula is C15H29N3O. The van der Waals surface area contributed by atoms with E-state index >= 15 is 0 Å². The Balaban J connectivity index is 1.93. The molecule has 2 rings (SSSR count). The summed E-state index contributed by atoms with van der Waals surface area (Å²) in [6.07, 6.45) is 8.38. The third-order valence-corrected chi connectivity index (χ3v) is 5.23. The SMILES string of the molecule is CN(C)C1(CNC(=O)C(C)(N)C2CC2)CCCCC1. The van der Waals surface area contributed by atoms with Gasteiger partial charge in [0.2, 0.25) is 5.91 Å². The Morgan fingerprint density at radius 3 is 2.37 bits per heavy atom. The number of amides is 1. The maximum atomic E-state index is 12.3. The smallest absolute Gasteiger partial charge is 0.240 e. The van der Waals surface area contributed by atoms with Crippen molar-refractivity contribution in [1.82, 2.24) is 10.2 Å². The van der Waals surface area contributed by atoms with Gasteiger partial charge in [0.1, 0.15) is 0 Å². The van der Waals surface area contributed by atoms with E-state index in [9.17, 15) is 4.79 Å². The molecule has 0 spiro atoms. The zero-order chi connectivity index (χ0) is 14.1. The zero-order valence-electron chi connectivity index (χ0n) is 12.7. The van der Waals surface area contributed by atoms with Crippen molar-refractivity contribution in [2.75, 3.05) is 20.6 Å². The van der Waals surface area contributed by atoms with Gasteiger partial charge in [-0.15, -0.1) is 0 Å². The molecule has 0 heterocycles. The minimum Gasteiger partial charge on any atom is -0.353 e. The molecule has 1 atom stereocenters. The predicted octanol–water partition coefficient (Wildman–Crippen LogP) is 1.49. The van der Waals surface area contributed by atoms with Gasteiger partial charge in [-0.05, 0) is 52.6 Å². The number of likely N-dealkylation sites (N-methyl/N-ethyl adjacent to an activating group) is 1. The van der Waals surface area contributed by atoms with Crippen LogP contribution in [-0.2, 0) is 4.79 Å². The van der Waals surface area contributed by atoms with Crippen LogP contribution in [0.4, 0.5) is 0 Å². The van der Waals surface area contributed by atoms with Crippen LogP contribution in [0.2, 0.25) is 0 Å². The topological polar surface area (TPSA) is 58.4 Å². The predicted molar refractivity (Wildman–Crippen MR) is 77.8 cm³/mol. The molecule has 3 N–H and O–H groups in total. The van der Waals surface area contributed by atoms with Crippen LogP contribution in [0.25, 0.3) is 0 Å². The van der Waals surface area contributed by atoms with Gasteiger partial charge < -0.3 is 16.0 Å². The first kappa shape index (κ1) is 14.8. The van der Waals surface area contributed by atoms with Crippen molar-refractivity contribution in [3.63, 3.8) is 0 Å². The standard InChI is InChI=1S/C15H29N3O/c1-14(16,12-7-8-12)13(19)17-11-15(18(2)3)9-5-4-6-10-15/h12H,4-11,16H2,1-3H3,(H,17,19). The highest BCUT2D eigenvalue weighted by atomic mass is 16.2. The summed E-state index contributed by atoms with van der Waals surface area (Å²) in [5.74, 6) is 0.413. The molecule has 2 fully saturated rings. The normalized spacial score (nSPS) is 25.9. The van der Waals surface area contributed by atoms with Gasteiger partial charge in [0.05, 0.1) is 5.54 Å². The number of nitrogens with one attached hydrogen (secondary N) is 1. The highest BCUT2D eigenvalue weighted by Gasteiger charge is 2.45. The van der Waals surface area contributed by atoms with E-state index in [0.717, 1.165) is 19.4 Å². The maximum Gasteiger partial charge on any atom is 0.240 e. The lowest BCUT2D eigenvalue weighted by Crippen LogP contribution is -2.59. The fourth-order valence-electron chi connectivity index (χ4n) is 3.30. The van der Waals surface area contributed by atoms with Crippen LogP contribution < -0.4 is 11.1 Å². The molecule has 2 aliphatic rings. The Kier molecular flexibility index (Phi) is 4.21. The molecule has 0 aromatic heterocycles. The molecule has 2 saturated carbocycles. The quantitative estimate of drug-likeness (QED) is 0.793. The summed E-state index contributed by atoms with van der Waals surface area (Å²) in [7, 11) is 4.25. The van der Waals surface area contributed by atoms with Gasteiger partial charge in [0.25, 0.3) is 0 Å². The van der Waals surface area contributed by atoms with Crippen LogP contribution in [0.15, 0.2) is 0 Å². The van der Waals surface area contributed by atoms with Crippen molar-refractivity contribution >= 4 is 5.91 Å². The highest BCUT2D eigenvalue weighted by Crippen LogP contribution is 2.38. The van der Waals surface area contributed by atoms with E-state index in [2.05, 4.69) is 24.3 Å². The number of nitrogens with zero attached hydrogens (tertiary/aromatic N) is 1. The summed E-state index contributed by atoms with van der Waals surface area (Å²) in [6, 6.07) is 0. The lowest BCUT2D eigenvalue weighted by molar-refractivity contribution is -0.127. The molecule has 110 valence electrons. The van der Waals surface area contributed by atoms with Gasteiger partial charge in [0.15, 0.2) is 0 Å². The molecule has 0 radical (unpaired) electrons. The van der Waals surface area contributed by atoms with E-state index in [1.165, 1.54) is 32.1 Å². The summed E-state index contributed by atoms with van der Waals surface area (Å²) in [6.45, 7) is 2.61. The van der Waals surface area contributed by atoms with Crippen LogP contribution in [0.5, 0.6) is 0 Å². The molecule has 0 bridgehead atoms. The second-order valence-corrected chi connectivity index (χ2v) is 6.92. The molecule has 0 aromatic rings. The average Bonchev–Trinajstić information content (AvgIpc) is 3.21. The lowest BCUT2D eigenvalue weighted by Gasteiger charge is -2.43. The second-order valence-electron chi connectivity index (χ2n) is 6.92. The van der Waals surface area contributed by atoms with Crippen LogP contribution >= 0.6 is 0 Å². The third-order valence-electron chi connectivity index (χ3n) is 5.23. The molecule has 1 unspecified atom stereocenters. The zero-order valence-corrected chi connectivity index (χ0v) is 12.7. The fourth-order valence-corrected chi connectivity index (χ4v) is 3.30. The van der Waals surface area contributed by atoms with Crippen LogP contribution in [0, 0.1) is 5.92 Å². The fraction of sp³-hybridized carbons (Fsp3) is 0.933. The van der Waals surface area contributed by atoms with Gasteiger partial charge in [0, 0.05) is 12.1 Å². The molecule has 0 aliphatic heterocycles. The second kappa shape index (κ2) is 5.41. The van der Waals surface area contributed by atoms with Gasteiger partial charge in [-0.25, -0.2) is 0 Å². The summed E-state index contributed by atoms with van der Waals surface area (Å²) in [5.41, 5.74) is 5.63. The van der Waals surface area contributed by atoms with E-state index in [1.807, 2.05) is 6.92 Å². The number of carbonyl (C=O) groups excluding carboxylic acids is 1. The summed E-state index contributed by atoms with van der Waals surface area (Å²) >= 11 is 0. The first-order valence-corrected chi connectivity index (χ1v) is 7.63. The number of rotatable bonds is 5. The number of hydrogen-bond donors (Lipinski definition) is 2. The monoisotopic (exact) mass is 267 g/mol. The minimum absolute atomic E-state index is 0.0294. The van der Waals surface area contributed by atoms with Gasteiger partial charge >= 0.3 is 0 Å². The van der Waals surface area contributed by atoms with Gasteiger partial charge in [-0.2, -0.15) is 0 Å². The molecule has 4 nitrogen and oxygen atoms in total. The van der Waals surface area contributed by atoms with Crippen molar-refractivity contribution in [2.24, 2.45) is 11.7 Å². The van der Waals surface area contributed by atoms with Crippen molar-refractivity contribution in [3.05, 3.63) is 0 Å². The lowest BCUT2D eigenvalue weighted by atomic mass is 9.80. The Labute approximate surface area is 117 Å². The molecule has 1 amide bonds. The third kappa shape index (κ3) is 3.11. The van der Waals surface area contributed by atoms with E-state index in [-0.39, 0.29) is 11.4 Å². The van der Waals surface area contributed by atoms with Crippen molar-refractivity contribution < 1.29 is 4.79 Å². The molecule has 0 saturated heterocycles. The average molecular weight is 267 g/mol. The maximum absolute atomic E-state index is 12.3. The number of hydrogen-bond acceptors (Lipinski definition) is 3. The van der Waals surface area contributed by atoms with E-state index in [1.54, 1.807) is 0 Å². The van der Waals surface area contributed by atoms with E-state index in [0.29, 0.717) is 5.92 Å². The molecule has 4 heteroatoms. The molecule has 2 aliphatic carbocycles. The summed E-state index contributed by atoms with van der Waals surface area (Å²) in [4.78, 5) is 14.6. The highest BCUT2D eigenvalue weighted by molar-refractivity contribution is 5.86.